The van der Waals surface area contributed by atoms with E-state index in [-0.39, 0.29) is 11.5 Å². The number of hydrogen-bond acceptors (Lipinski definition) is 5. The highest BCUT2D eigenvalue weighted by molar-refractivity contribution is 5.38. The van der Waals surface area contributed by atoms with Gasteiger partial charge in [-0.2, -0.15) is 4.68 Å². The van der Waals surface area contributed by atoms with Gasteiger partial charge in [-0.05, 0) is 34.4 Å². The molecule has 1 atom stereocenters. The van der Waals surface area contributed by atoms with Gasteiger partial charge >= 0.3 is 0 Å². The molecule has 0 saturated carbocycles. The van der Waals surface area contributed by atoms with Crippen molar-refractivity contribution in [3.8, 4) is 5.69 Å². The number of nitrogens with zero attached hydrogens (tertiary/aromatic N) is 4. The van der Waals surface area contributed by atoms with Gasteiger partial charge in [0.1, 0.15) is 0 Å². The van der Waals surface area contributed by atoms with E-state index in [9.17, 15) is 0 Å². The third-order valence-corrected chi connectivity index (χ3v) is 2.87. The van der Waals surface area contributed by atoms with Crippen LogP contribution in [0.2, 0.25) is 0 Å². The standard InChI is InChI=1S/C14H22N6/c1-14(2,3)9-11(15)10-16-13-17-18-19-20(13)12-7-5-4-6-8-12/h4-8,11H,9-10,15H2,1-3H3,(H,16,17,19). The Balaban J connectivity index is 2.00. The van der Waals surface area contributed by atoms with Crippen LogP contribution >= 0.6 is 0 Å². The molecule has 108 valence electrons. The third kappa shape index (κ3) is 4.03. The van der Waals surface area contributed by atoms with Crippen LogP contribution in [0.15, 0.2) is 30.3 Å². The smallest absolute Gasteiger partial charge is 0.247 e. The summed E-state index contributed by atoms with van der Waals surface area (Å²) in [4.78, 5) is 0. The van der Waals surface area contributed by atoms with Gasteiger partial charge < -0.3 is 11.1 Å². The van der Waals surface area contributed by atoms with Crippen LogP contribution in [0.5, 0.6) is 0 Å². The van der Waals surface area contributed by atoms with Crippen LogP contribution in [0.1, 0.15) is 27.2 Å². The van der Waals surface area contributed by atoms with Gasteiger partial charge in [-0.3, -0.25) is 0 Å². The monoisotopic (exact) mass is 274 g/mol. The molecule has 0 aliphatic rings. The summed E-state index contributed by atoms with van der Waals surface area (Å²) < 4.78 is 1.67. The van der Waals surface area contributed by atoms with E-state index in [0.29, 0.717) is 12.5 Å². The molecule has 1 aromatic carbocycles. The maximum atomic E-state index is 6.12. The lowest BCUT2D eigenvalue weighted by atomic mass is 9.88. The van der Waals surface area contributed by atoms with Crippen molar-refractivity contribution >= 4 is 5.95 Å². The minimum Gasteiger partial charge on any atom is -0.351 e. The minimum atomic E-state index is 0.0657. The second-order valence-corrected chi connectivity index (χ2v) is 6.16. The fourth-order valence-corrected chi connectivity index (χ4v) is 2.12. The van der Waals surface area contributed by atoms with Gasteiger partial charge in [-0.25, -0.2) is 0 Å². The van der Waals surface area contributed by atoms with Crippen LogP contribution in [0.4, 0.5) is 5.95 Å². The maximum absolute atomic E-state index is 6.12. The molecule has 0 aliphatic carbocycles. The molecule has 0 spiro atoms. The van der Waals surface area contributed by atoms with Crippen LogP contribution in [-0.4, -0.2) is 32.8 Å². The van der Waals surface area contributed by atoms with Crippen LogP contribution in [0, 0.1) is 5.41 Å². The van der Waals surface area contributed by atoms with Gasteiger partial charge in [-0.1, -0.05) is 44.1 Å². The zero-order valence-electron chi connectivity index (χ0n) is 12.2. The number of benzene rings is 1. The normalized spacial score (nSPS) is 13.2. The fourth-order valence-electron chi connectivity index (χ4n) is 2.12. The van der Waals surface area contributed by atoms with E-state index in [1.54, 1.807) is 4.68 Å². The molecule has 1 unspecified atom stereocenters. The number of nitrogens with two attached hydrogens (primary N) is 1. The molecule has 1 heterocycles. The van der Waals surface area contributed by atoms with Crippen molar-refractivity contribution in [3.05, 3.63) is 30.3 Å². The Hall–Kier alpha value is -1.95. The van der Waals surface area contributed by atoms with E-state index in [0.717, 1.165) is 12.1 Å². The minimum absolute atomic E-state index is 0.0657. The van der Waals surface area contributed by atoms with Crippen LogP contribution < -0.4 is 11.1 Å². The lowest BCUT2D eigenvalue weighted by molar-refractivity contribution is 0.344. The quantitative estimate of drug-likeness (QED) is 0.869. The lowest BCUT2D eigenvalue weighted by Crippen LogP contribution is -2.33. The maximum Gasteiger partial charge on any atom is 0.247 e. The molecule has 1 aromatic heterocycles. The van der Waals surface area contributed by atoms with Crippen LogP contribution in [0.25, 0.3) is 5.69 Å². The molecule has 0 fully saturated rings. The number of rotatable bonds is 5. The molecule has 2 aromatic rings. The average Bonchev–Trinajstić information content (AvgIpc) is 2.83. The average molecular weight is 274 g/mol. The number of nitrogens with one attached hydrogen (secondary N) is 1. The van der Waals surface area contributed by atoms with Crippen LogP contribution in [0.3, 0.4) is 0 Å². The van der Waals surface area contributed by atoms with E-state index < -0.39 is 0 Å². The van der Waals surface area contributed by atoms with Crippen molar-refractivity contribution < 1.29 is 0 Å². The largest absolute Gasteiger partial charge is 0.351 e. The summed E-state index contributed by atoms with van der Waals surface area (Å²) in [6.07, 6.45) is 0.937. The first kappa shape index (κ1) is 14.5. The highest BCUT2D eigenvalue weighted by atomic mass is 15.6. The summed E-state index contributed by atoms with van der Waals surface area (Å²) in [6, 6.07) is 9.84. The third-order valence-electron chi connectivity index (χ3n) is 2.87. The summed E-state index contributed by atoms with van der Waals surface area (Å²) in [5, 5.41) is 14.9. The van der Waals surface area contributed by atoms with Gasteiger partial charge in [-0.15, -0.1) is 0 Å². The molecular formula is C14H22N6. The van der Waals surface area contributed by atoms with Crippen LogP contribution in [-0.2, 0) is 0 Å². The second-order valence-electron chi connectivity index (χ2n) is 6.16. The Morgan fingerprint density at radius 2 is 1.95 bits per heavy atom. The highest BCUT2D eigenvalue weighted by Gasteiger charge is 2.16. The van der Waals surface area contributed by atoms with E-state index in [2.05, 4.69) is 41.6 Å². The number of anilines is 1. The molecule has 0 amide bonds. The van der Waals surface area contributed by atoms with E-state index >= 15 is 0 Å². The molecule has 0 aliphatic heterocycles. The number of hydrogen-bond donors (Lipinski definition) is 2. The Kier molecular flexibility index (Phi) is 4.34. The molecule has 0 saturated heterocycles. The zero-order valence-corrected chi connectivity index (χ0v) is 12.2. The molecule has 20 heavy (non-hydrogen) atoms. The van der Waals surface area contributed by atoms with Crippen molar-refractivity contribution in [2.45, 2.75) is 33.2 Å². The molecule has 3 N–H and O–H groups in total. The molecule has 0 radical (unpaired) electrons. The second kappa shape index (κ2) is 6.00. The predicted octanol–water partition coefficient (Wildman–Crippen LogP) is 1.84. The summed E-state index contributed by atoms with van der Waals surface area (Å²) >= 11 is 0. The molecule has 6 nitrogen and oxygen atoms in total. The zero-order chi connectivity index (χ0) is 14.6. The van der Waals surface area contributed by atoms with Crippen molar-refractivity contribution in [1.82, 2.24) is 20.2 Å². The fraction of sp³-hybridized carbons (Fsp3) is 0.500. The Bertz CT molecular complexity index is 528. The topological polar surface area (TPSA) is 81.7 Å². The Morgan fingerprint density at radius 3 is 2.60 bits per heavy atom. The van der Waals surface area contributed by atoms with Gasteiger partial charge in [0, 0.05) is 12.6 Å². The van der Waals surface area contributed by atoms with Gasteiger partial charge in [0.2, 0.25) is 5.95 Å². The van der Waals surface area contributed by atoms with E-state index in [1.165, 1.54) is 0 Å². The van der Waals surface area contributed by atoms with Crippen molar-refractivity contribution in [3.63, 3.8) is 0 Å². The number of tetrazole rings is 1. The van der Waals surface area contributed by atoms with Crippen molar-refractivity contribution in [2.24, 2.45) is 11.1 Å². The first-order valence-electron chi connectivity index (χ1n) is 6.79. The Morgan fingerprint density at radius 1 is 1.25 bits per heavy atom. The first-order chi connectivity index (χ1) is 9.46. The molecular weight excluding hydrogens is 252 g/mol. The Labute approximate surface area is 119 Å². The summed E-state index contributed by atoms with van der Waals surface area (Å²) in [6.45, 7) is 7.19. The van der Waals surface area contributed by atoms with Gasteiger partial charge in [0.05, 0.1) is 5.69 Å². The predicted molar refractivity (Wildman–Crippen MR) is 79.7 cm³/mol. The van der Waals surface area contributed by atoms with Crippen molar-refractivity contribution in [2.75, 3.05) is 11.9 Å². The van der Waals surface area contributed by atoms with Crippen molar-refractivity contribution in [1.29, 1.82) is 0 Å². The van der Waals surface area contributed by atoms with Gasteiger partial charge in [0.15, 0.2) is 0 Å². The number of para-hydroxylation sites is 1. The van der Waals surface area contributed by atoms with E-state index in [1.807, 2.05) is 30.3 Å². The lowest BCUT2D eigenvalue weighted by Gasteiger charge is -2.23. The number of aromatic nitrogens is 4. The van der Waals surface area contributed by atoms with Gasteiger partial charge in [0.25, 0.3) is 0 Å². The summed E-state index contributed by atoms with van der Waals surface area (Å²) in [7, 11) is 0. The summed E-state index contributed by atoms with van der Waals surface area (Å²) in [5.41, 5.74) is 7.26. The highest BCUT2D eigenvalue weighted by Crippen LogP contribution is 2.20. The molecule has 0 bridgehead atoms. The molecule has 2 rings (SSSR count). The SMILES string of the molecule is CC(C)(C)CC(N)CNc1nnnn1-c1ccccc1. The van der Waals surface area contributed by atoms with E-state index in [4.69, 9.17) is 5.73 Å². The molecule has 6 heteroatoms. The first-order valence-corrected chi connectivity index (χ1v) is 6.79. The summed E-state index contributed by atoms with van der Waals surface area (Å²) in [5.74, 6) is 0.612.